The maximum absolute atomic E-state index is 12.4. The highest BCUT2D eigenvalue weighted by Crippen LogP contribution is 2.22. The maximum atomic E-state index is 12.4. The first-order chi connectivity index (χ1) is 10.5. The highest BCUT2D eigenvalue weighted by molar-refractivity contribution is 6.04. The summed E-state index contributed by atoms with van der Waals surface area (Å²) in [6.45, 7) is 4.37. The predicted molar refractivity (Wildman–Crippen MR) is 87.6 cm³/mol. The zero-order chi connectivity index (χ0) is 16.1. The van der Waals surface area contributed by atoms with Gasteiger partial charge in [-0.1, -0.05) is 12.1 Å². The van der Waals surface area contributed by atoms with Gasteiger partial charge in [0.15, 0.2) is 0 Å². The van der Waals surface area contributed by atoms with E-state index in [9.17, 15) is 4.79 Å². The first-order valence-corrected chi connectivity index (χ1v) is 7.09. The monoisotopic (exact) mass is 299 g/mol. The minimum Gasteiger partial charge on any atom is -0.496 e. The van der Waals surface area contributed by atoms with Gasteiger partial charge in [0.05, 0.1) is 13.7 Å². The minimum atomic E-state index is -0.145. The number of rotatable bonds is 5. The molecule has 0 bridgehead atoms. The van der Waals surface area contributed by atoms with E-state index < -0.39 is 0 Å². The van der Waals surface area contributed by atoms with Gasteiger partial charge in [-0.05, 0) is 49.2 Å². The summed E-state index contributed by atoms with van der Waals surface area (Å²) in [4.78, 5) is 12.4. The van der Waals surface area contributed by atoms with E-state index in [1.54, 1.807) is 32.4 Å². The Balaban J connectivity index is 2.25. The van der Waals surface area contributed by atoms with Crippen LogP contribution in [0.5, 0.6) is 5.75 Å². The Labute approximate surface area is 131 Å². The van der Waals surface area contributed by atoms with E-state index in [0.717, 1.165) is 22.4 Å². The van der Waals surface area contributed by atoms with E-state index in [-0.39, 0.29) is 5.91 Å². The first-order valence-electron chi connectivity index (χ1n) is 7.09. The normalized spacial score (nSPS) is 10.4. The van der Waals surface area contributed by atoms with Crippen LogP contribution < -0.4 is 10.1 Å². The summed E-state index contributed by atoms with van der Waals surface area (Å²) in [7, 11) is 3.21. The molecule has 4 heteroatoms. The summed E-state index contributed by atoms with van der Waals surface area (Å²) in [5.41, 5.74) is 4.39. The summed E-state index contributed by atoms with van der Waals surface area (Å²) in [6.07, 6.45) is 0. The third-order valence-electron chi connectivity index (χ3n) is 3.48. The third kappa shape index (κ3) is 3.65. The van der Waals surface area contributed by atoms with E-state index in [1.807, 2.05) is 32.0 Å². The Bertz CT molecular complexity index is 680. The van der Waals surface area contributed by atoms with Crippen molar-refractivity contribution < 1.29 is 14.3 Å². The second kappa shape index (κ2) is 7.09. The van der Waals surface area contributed by atoms with Crippen LogP contribution in [0.1, 0.15) is 27.0 Å². The number of aryl methyl sites for hydroxylation is 2. The van der Waals surface area contributed by atoms with Crippen LogP contribution in [0.4, 0.5) is 5.69 Å². The number of hydrogen-bond acceptors (Lipinski definition) is 3. The van der Waals surface area contributed by atoms with E-state index >= 15 is 0 Å². The average Bonchev–Trinajstić information content (AvgIpc) is 2.51. The number of methoxy groups -OCH3 is 2. The van der Waals surface area contributed by atoms with E-state index in [0.29, 0.717) is 17.9 Å². The van der Waals surface area contributed by atoms with Gasteiger partial charge in [-0.25, -0.2) is 0 Å². The van der Waals surface area contributed by atoms with Crippen molar-refractivity contribution in [2.24, 2.45) is 0 Å². The van der Waals surface area contributed by atoms with Crippen molar-refractivity contribution in [3.8, 4) is 5.75 Å². The zero-order valence-electron chi connectivity index (χ0n) is 13.4. The van der Waals surface area contributed by atoms with Crippen LogP contribution in [-0.4, -0.2) is 20.1 Å². The van der Waals surface area contributed by atoms with E-state index in [1.165, 1.54) is 0 Å². The molecule has 0 atom stereocenters. The van der Waals surface area contributed by atoms with Crippen LogP contribution >= 0.6 is 0 Å². The average molecular weight is 299 g/mol. The summed E-state index contributed by atoms with van der Waals surface area (Å²) in [5.74, 6) is 0.568. The van der Waals surface area contributed by atoms with Crippen LogP contribution in [0.3, 0.4) is 0 Å². The summed E-state index contributed by atoms with van der Waals surface area (Å²) >= 11 is 0. The third-order valence-corrected chi connectivity index (χ3v) is 3.48. The molecule has 0 saturated heterocycles. The molecule has 0 aromatic heterocycles. The molecule has 0 fully saturated rings. The van der Waals surface area contributed by atoms with E-state index in [4.69, 9.17) is 9.47 Å². The number of amides is 1. The fraction of sp³-hybridized carbons (Fsp3) is 0.278. The van der Waals surface area contributed by atoms with Gasteiger partial charge in [-0.2, -0.15) is 0 Å². The van der Waals surface area contributed by atoms with Crippen LogP contribution in [-0.2, 0) is 11.3 Å². The van der Waals surface area contributed by atoms with Crippen molar-refractivity contribution in [3.05, 3.63) is 58.7 Å². The van der Waals surface area contributed by atoms with Crippen molar-refractivity contribution in [2.75, 3.05) is 19.5 Å². The van der Waals surface area contributed by atoms with Gasteiger partial charge in [0, 0.05) is 23.9 Å². The standard InChI is InChI=1S/C18H21NO3/c1-12-5-6-13(2)16(9-12)19-18(20)14-7-8-17(22-4)15(10-14)11-21-3/h5-10H,11H2,1-4H3,(H,19,20). The van der Waals surface area contributed by atoms with Gasteiger partial charge in [0.25, 0.3) is 5.91 Å². The second-order valence-corrected chi connectivity index (χ2v) is 5.23. The first kappa shape index (κ1) is 16.0. The molecule has 2 aromatic rings. The van der Waals surface area contributed by atoms with Crippen LogP contribution in [0, 0.1) is 13.8 Å². The van der Waals surface area contributed by atoms with E-state index in [2.05, 4.69) is 5.32 Å². The lowest BCUT2D eigenvalue weighted by atomic mass is 10.1. The molecule has 0 aliphatic rings. The van der Waals surface area contributed by atoms with Crippen molar-refractivity contribution in [1.82, 2.24) is 0 Å². The molecule has 2 aromatic carbocycles. The molecular weight excluding hydrogens is 278 g/mol. The fourth-order valence-electron chi connectivity index (χ4n) is 2.25. The Kier molecular flexibility index (Phi) is 5.17. The van der Waals surface area contributed by atoms with Gasteiger partial charge in [-0.15, -0.1) is 0 Å². The molecule has 0 radical (unpaired) electrons. The van der Waals surface area contributed by atoms with Gasteiger partial charge >= 0.3 is 0 Å². The molecule has 0 unspecified atom stereocenters. The highest BCUT2D eigenvalue weighted by atomic mass is 16.5. The Hall–Kier alpha value is -2.33. The van der Waals surface area contributed by atoms with Crippen LogP contribution in [0.2, 0.25) is 0 Å². The minimum absolute atomic E-state index is 0.145. The molecule has 0 heterocycles. The molecule has 0 aliphatic carbocycles. The molecule has 0 saturated carbocycles. The van der Waals surface area contributed by atoms with Crippen LogP contribution in [0.15, 0.2) is 36.4 Å². The Morgan fingerprint density at radius 2 is 1.86 bits per heavy atom. The largest absolute Gasteiger partial charge is 0.496 e. The van der Waals surface area contributed by atoms with Crippen molar-refractivity contribution >= 4 is 11.6 Å². The number of nitrogens with one attached hydrogen (secondary N) is 1. The number of benzene rings is 2. The molecule has 22 heavy (non-hydrogen) atoms. The van der Waals surface area contributed by atoms with Crippen LogP contribution in [0.25, 0.3) is 0 Å². The fourth-order valence-corrected chi connectivity index (χ4v) is 2.25. The SMILES string of the molecule is COCc1cc(C(=O)Nc2cc(C)ccc2C)ccc1OC. The van der Waals surface area contributed by atoms with Gasteiger partial charge < -0.3 is 14.8 Å². The van der Waals surface area contributed by atoms with Crippen molar-refractivity contribution in [3.63, 3.8) is 0 Å². The van der Waals surface area contributed by atoms with Gasteiger partial charge in [0.2, 0.25) is 0 Å². The molecule has 116 valence electrons. The lowest BCUT2D eigenvalue weighted by Crippen LogP contribution is -2.13. The topological polar surface area (TPSA) is 47.6 Å². The molecule has 4 nitrogen and oxygen atoms in total. The van der Waals surface area contributed by atoms with Crippen molar-refractivity contribution in [1.29, 1.82) is 0 Å². The number of hydrogen-bond donors (Lipinski definition) is 1. The highest BCUT2D eigenvalue weighted by Gasteiger charge is 2.11. The molecule has 1 amide bonds. The molecule has 1 N–H and O–H groups in total. The van der Waals surface area contributed by atoms with Gasteiger partial charge in [0.1, 0.15) is 5.75 Å². The lowest BCUT2D eigenvalue weighted by molar-refractivity contribution is 0.102. The summed E-state index contributed by atoms with van der Waals surface area (Å²) < 4.78 is 10.4. The second-order valence-electron chi connectivity index (χ2n) is 5.23. The summed E-state index contributed by atoms with van der Waals surface area (Å²) in [5, 5.41) is 2.95. The Morgan fingerprint density at radius 3 is 2.55 bits per heavy atom. The number of carbonyl (C=O) groups excluding carboxylic acids is 1. The number of anilines is 1. The Morgan fingerprint density at radius 1 is 1.09 bits per heavy atom. The molecule has 0 aliphatic heterocycles. The predicted octanol–water partition coefficient (Wildman–Crippen LogP) is 3.71. The number of carbonyl (C=O) groups is 1. The smallest absolute Gasteiger partial charge is 0.255 e. The molecular formula is C18H21NO3. The summed E-state index contributed by atoms with van der Waals surface area (Å²) in [6, 6.07) is 11.3. The zero-order valence-corrected chi connectivity index (χ0v) is 13.4. The van der Waals surface area contributed by atoms with Gasteiger partial charge in [-0.3, -0.25) is 4.79 Å². The molecule has 2 rings (SSSR count). The van der Waals surface area contributed by atoms with Crippen molar-refractivity contribution in [2.45, 2.75) is 20.5 Å². The maximum Gasteiger partial charge on any atom is 0.255 e. The lowest BCUT2D eigenvalue weighted by Gasteiger charge is -2.12. The quantitative estimate of drug-likeness (QED) is 0.915. The molecule has 0 spiro atoms. The number of ether oxygens (including phenoxy) is 2.